The number of rotatable bonds is 2. The molecule has 1 aromatic heterocycles. The second-order valence-corrected chi connectivity index (χ2v) is 4.76. The van der Waals surface area contributed by atoms with Crippen molar-refractivity contribution >= 4 is 11.3 Å². The first-order valence-electron chi connectivity index (χ1n) is 5.12. The number of nitrogens with zero attached hydrogens (tertiary/aromatic N) is 1. The van der Waals surface area contributed by atoms with Gasteiger partial charge in [0.1, 0.15) is 11.6 Å². The van der Waals surface area contributed by atoms with E-state index in [0.29, 0.717) is 16.1 Å². The predicted octanol–water partition coefficient (Wildman–Crippen LogP) is 3.09. The fourth-order valence-corrected chi connectivity index (χ4v) is 2.52. The molecule has 0 fully saturated rings. The first kappa shape index (κ1) is 12.1. The number of nitrogens with two attached hydrogens (primary N) is 1. The number of benzene rings is 1. The van der Waals surface area contributed by atoms with Crippen LogP contribution in [0, 0.1) is 25.5 Å². The highest BCUT2D eigenvalue weighted by Gasteiger charge is 2.22. The molecule has 0 radical (unpaired) electrons. The molecule has 1 heterocycles. The average Bonchev–Trinajstić information content (AvgIpc) is 2.70. The van der Waals surface area contributed by atoms with E-state index < -0.39 is 17.7 Å². The van der Waals surface area contributed by atoms with Crippen LogP contribution in [0.1, 0.15) is 27.7 Å². The van der Waals surface area contributed by atoms with Crippen molar-refractivity contribution in [2.75, 3.05) is 0 Å². The van der Waals surface area contributed by atoms with Gasteiger partial charge in [-0.1, -0.05) is 6.07 Å². The van der Waals surface area contributed by atoms with Crippen molar-refractivity contribution in [3.63, 3.8) is 0 Å². The number of aromatic nitrogens is 1. The second-order valence-electron chi connectivity index (χ2n) is 3.87. The fourth-order valence-electron chi connectivity index (χ4n) is 1.70. The molecule has 2 aromatic rings. The zero-order valence-corrected chi connectivity index (χ0v) is 10.3. The fraction of sp³-hybridized carbons (Fsp3) is 0.250. The largest absolute Gasteiger partial charge is 0.319 e. The molecule has 1 aromatic carbocycles. The van der Waals surface area contributed by atoms with Crippen molar-refractivity contribution in [3.8, 4) is 0 Å². The van der Waals surface area contributed by atoms with Crippen LogP contribution in [0.15, 0.2) is 17.6 Å². The lowest BCUT2D eigenvalue weighted by Gasteiger charge is -2.14. The highest BCUT2D eigenvalue weighted by atomic mass is 32.1. The van der Waals surface area contributed by atoms with Crippen LogP contribution in [0.25, 0.3) is 0 Å². The van der Waals surface area contributed by atoms with Crippen molar-refractivity contribution in [1.82, 2.24) is 4.98 Å². The van der Waals surface area contributed by atoms with Gasteiger partial charge in [0, 0.05) is 10.4 Å². The zero-order valence-electron chi connectivity index (χ0n) is 9.50. The molecule has 1 unspecified atom stereocenters. The van der Waals surface area contributed by atoms with E-state index in [2.05, 4.69) is 4.98 Å². The van der Waals surface area contributed by atoms with Gasteiger partial charge in [-0.2, -0.15) is 0 Å². The van der Waals surface area contributed by atoms with Crippen LogP contribution in [-0.4, -0.2) is 4.98 Å². The molecule has 0 saturated carbocycles. The quantitative estimate of drug-likeness (QED) is 0.894. The van der Waals surface area contributed by atoms with Gasteiger partial charge in [-0.05, 0) is 25.5 Å². The SMILES string of the molecule is Cc1ccc(F)c(C(N)c2scnc2C)c1F. The van der Waals surface area contributed by atoms with Crippen molar-refractivity contribution < 1.29 is 8.78 Å². The van der Waals surface area contributed by atoms with Gasteiger partial charge >= 0.3 is 0 Å². The lowest BCUT2D eigenvalue weighted by molar-refractivity contribution is 0.539. The number of thiazole rings is 1. The summed E-state index contributed by atoms with van der Waals surface area (Å²) in [6, 6.07) is 1.84. The molecule has 0 bridgehead atoms. The summed E-state index contributed by atoms with van der Waals surface area (Å²) in [7, 11) is 0. The summed E-state index contributed by atoms with van der Waals surface area (Å²) in [5.74, 6) is -1.20. The smallest absolute Gasteiger partial charge is 0.134 e. The first-order valence-corrected chi connectivity index (χ1v) is 6.00. The van der Waals surface area contributed by atoms with Gasteiger partial charge in [0.05, 0.1) is 17.2 Å². The summed E-state index contributed by atoms with van der Waals surface area (Å²) >= 11 is 1.31. The minimum absolute atomic E-state index is 0.0858. The molecule has 0 aliphatic heterocycles. The van der Waals surface area contributed by atoms with Crippen LogP contribution in [-0.2, 0) is 0 Å². The molecule has 90 valence electrons. The van der Waals surface area contributed by atoms with E-state index in [1.54, 1.807) is 19.4 Å². The van der Waals surface area contributed by atoms with E-state index >= 15 is 0 Å². The maximum Gasteiger partial charge on any atom is 0.134 e. The van der Waals surface area contributed by atoms with Crippen LogP contribution < -0.4 is 5.73 Å². The van der Waals surface area contributed by atoms with Crippen molar-refractivity contribution in [3.05, 3.63) is 51.0 Å². The molecule has 0 saturated heterocycles. The van der Waals surface area contributed by atoms with Gasteiger partial charge < -0.3 is 5.73 Å². The Morgan fingerprint density at radius 1 is 1.29 bits per heavy atom. The Morgan fingerprint density at radius 2 is 2.00 bits per heavy atom. The van der Waals surface area contributed by atoms with Gasteiger partial charge in [-0.15, -0.1) is 11.3 Å². The Kier molecular flexibility index (Phi) is 3.22. The standard InChI is InChI=1S/C12H12F2N2S/c1-6-3-4-8(13)9(10(6)14)11(15)12-7(2)16-5-17-12/h3-5,11H,15H2,1-2H3. The molecule has 0 amide bonds. The normalized spacial score (nSPS) is 12.8. The van der Waals surface area contributed by atoms with E-state index in [1.807, 2.05) is 0 Å². The molecule has 17 heavy (non-hydrogen) atoms. The van der Waals surface area contributed by atoms with Gasteiger partial charge in [-0.25, -0.2) is 13.8 Å². The summed E-state index contributed by atoms with van der Waals surface area (Å²) in [5.41, 5.74) is 8.56. The minimum atomic E-state index is -0.803. The minimum Gasteiger partial charge on any atom is -0.319 e. The summed E-state index contributed by atoms with van der Waals surface area (Å²) < 4.78 is 27.6. The van der Waals surface area contributed by atoms with Gasteiger partial charge in [0.2, 0.25) is 0 Å². The summed E-state index contributed by atoms with van der Waals surface area (Å²) in [4.78, 5) is 4.73. The topological polar surface area (TPSA) is 38.9 Å². The Balaban J connectivity index is 2.55. The Morgan fingerprint density at radius 3 is 2.59 bits per heavy atom. The van der Waals surface area contributed by atoms with Crippen LogP contribution >= 0.6 is 11.3 Å². The van der Waals surface area contributed by atoms with Crippen LogP contribution in [0.2, 0.25) is 0 Å². The van der Waals surface area contributed by atoms with Crippen LogP contribution in [0.4, 0.5) is 8.78 Å². The summed E-state index contributed by atoms with van der Waals surface area (Å²) in [6.07, 6.45) is 0. The van der Waals surface area contributed by atoms with Crippen molar-refractivity contribution in [2.24, 2.45) is 5.73 Å². The maximum absolute atomic E-state index is 13.9. The van der Waals surface area contributed by atoms with Crippen LogP contribution in [0.3, 0.4) is 0 Å². The number of hydrogen-bond donors (Lipinski definition) is 1. The van der Waals surface area contributed by atoms with E-state index in [4.69, 9.17) is 5.73 Å². The highest BCUT2D eigenvalue weighted by Crippen LogP contribution is 2.30. The predicted molar refractivity (Wildman–Crippen MR) is 64.0 cm³/mol. The first-order chi connectivity index (χ1) is 8.02. The van der Waals surface area contributed by atoms with Gasteiger partial charge in [0.15, 0.2) is 0 Å². The monoisotopic (exact) mass is 254 g/mol. The van der Waals surface area contributed by atoms with E-state index in [-0.39, 0.29) is 5.56 Å². The Hall–Kier alpha value is -1.33. The van der Waals surface area contributed by atoms with E-state index in [1.165, 1.54) is 23.5 Å². The Labute approximate surface area is 102 Å². The Bertz CT molecular complexity index is 551. The second kappa shape index (κ2) is 4.50. The molecule has 2 nitrogen and oxygen atoms in total. The highest BCUT2D eigenvalue weighted by molar-refractivity contribution is 7.09. The number of aryl methyl sites for hydroxylation is 2. The third-order valence-electron chi connectivity index (χ3n) is 2.70. The van der Waals surface area contributed by atoms with E-state index in [0.717, 1.165) is 0 Å². The van der Waals surface area contributed by atoms with Crippen molar-refractivity contribution in [2.45, 2.75) is 19.9 Å². The summed E-state index contributed by atoms with van der Waals surface area (Å²) in [5, 5.41) is 0. The van der Waals surface area contributed by atoms with Gasteiger partial charge in [0.25, 0.3) is 0 Å². The number of hydrogen-bond acceptors (Lipinski definition) is 3. The summed E-state index contributed by atoms with van der Waals surface area (Å²) in [6.45, 7) is 3.36. The molecule has 0 spiro atoms. The van der Waals surface area contributed by atoms with Crippen LogP contribution in [0.5, 0.6) is 0 Å². The molecule has 2 rings (SSSR count). The van der Waals surface area contributed by atoms with Gasteiger partial charge in [-0.3, -0.25) is 0 Å². The van der Waals surface area contributed by atoms with E-state index in [9.17, 15) is 8.78 Å². The number of halogens is 2. The lowest BCUT2D eigenvalue weighted by Crippen LogP contribution is -2.16. The molecule has 0 aliphatic rings. The molecule has 2 N–H and O–H groups in total. The molecular weight excluding hydrogens is 242 g/mol. The third kappa shape index (κ3) is 2.08. The molecule has 5 heteroatoms. The molecular formula is C12H12F2N2S. The third-order valence-corrected chi connectivity index (χ3v) is 3.71. The maximum atomic E-state index is 13.9. The molecule has 1 atom stereocenters. The lowest BCUT2D eigenvalue weighted by atomic mass is 10.0. The van der Waals surface area contributed by atoms with Crippen molar-refractivity contribution in [1.29, 1.82) is 0 Å². The molecule has 0 aliphatic carbocycles. The zero-order chi connectivity index (χ0) is 12.6. The average molecular weight is 254 g/mol.